The Labute approximate surface area is 97.6 Å². The predicted molar refractivity (Wildman–Crippen MR) is 56.7 cm³/mol. The smallest absolute Gasteiger partial charge is 0.315 e. The van der Waals surface area contributed by atoms with E-state index in [1.165, 1.54) is 21.0 Å². The third-order valence-corrected chi connectivity index (χ3v) is 2.34. The van der Waals surface area contributed by atoms with Crippen LogP contribution in [0.3, 0.4) is 0 Å². The van der Waals surface area contributed by atoms with Gasteiger partial charge in [0.15, 0.2) is 5.44 Å². The second-order valence-electron chi connectivity index (χ2n) is 2.73. The highest BCUT2D eigenvalue weighted by atomic mass is 32.2. The van der Waals surface area contributed by atoms with E-state index in [1.54, 1.807) is 0 Å². The van der Waals surface area contributed by atoms with Gasteiger partial charge in [-0.3, -0.25) is 14.4 Å². The lowest BCUT2D eigenvalue weighted by molar-refractivity contribution is -0.151. The lowest BCUT2D eigenvalue weighted by atomic mass is 10.7. The molecule has 0 N–H and O–H groups in total. The maximum Gasteiger partial charge on any atom is 0.315 e. The fraction of sp³-hybridized carbons (Fsp3) is 0.667. The van der Waals surface area contributed by atoms with Gasteiger partial charge in [0.2, 0.25) is 0 Å². The van der Waals surface area contributed by atoms with Gasteiger partial charge in [-0.2, -0.15) is 0 Å². The third-order valence-electron chi connectivity index (χ3n) is 1.33. The van der Waals surface area contributed by atoms with E-state index in [0.717, 1.165) is 11.8 Å². The van der Waals surface area contributed by atoms with Crippen molar-refractivity contribution in [3.8, 4) is 0 Å². The van der Waals surface area contributed by atoms with Gasteiger partial charge in [-0.1, -0.05) is 0 Å². The van der Waals surface area contributed by atoms with E-state index in [2.05, 4.69) is 9.47 Å². The van der Waals surface area contributed by atoms with Crippen LogP contribution in [-0.4, -0.2) is 42.8 Å². The number of ether oxygens (including phenoxy) is 3. The minimum absolute atomic E-state index is 0.0235. The second kappa shape index (κ2) is 7.98. The Morgan fingerprint density at radius 1 is 1.19 bits per heavy atom. The molecule has 0 heterocycles. The lowest BCUT2D eigenvalue weighted by Gasteiger charge is -2.15. The van der Waals surface area contributed by atoms with Crippen LogP contribution < -0.4 is 0 Å². The van der Waals surface area contributed by atoms with E-state index in [-0.39, 0.29) is 12.4 Å². The van der Waals surface area contributed by atoms with Gasteiger partial charge in [-0.15, -0.1) is 11.8 Å². The van der Waals surface area contributed by atoms with E-state index in [4.69, 9.17) is 4.74 Å². The number of methoxy groups -OCH3 is 1. The maximum atomic E-state index is 10.8. The first-order valence-corrected chi connectivity index (χ1v) is 5.49. The molecule has 0 aromatic rings. The summed E-state index contributed by atoms with van der Waals surface area (Å²) < 4.78 is 13.9. The zero-order chi connectivity index (χ0) is 12.6. The first kappa shape index (κ1) is 14.8. The Bertz CT molecular complexity index is 265. The molecule has 0 aliphatic rings. The number of rotatable bonds is 6. The fourth-order valence-corrected chi connectivity index (χ4v) is 1.51. The summed E-state index contributed by atoms with van der Waals surface area (Å²) in [5, 5.41) is 0. The van der Waals surface area contributed by atoms with Crippen LogP contribution in [-0.2, 0) is 28.6 Å². The molecule has 16 heavy (non-hydrogen) atoms. The molecule has 1 atom stereocenters. The molecule has 0 aromatic heterocycles. The topological polar surface area (TPSA) is 78.9 Å². The Balaban J connectivity index is 4.04. The summed E-state index contributed by atoms with van der Waals surface area (Å²) in [6.07, 6.45) is 0. The van der Waals surface area contributed by atoms with Crippen LogP contribution in [0, 0.1) is 0 Å². The van der Waals surface area contributed by atoms with Crippen molar-refractivity contribution in [1.29, 1.82) is 0 Å². The summed E-state index contributed by atoms with van der Waals surface area (Å²) in [6.45, 7) is 2.39. The molecule has 92 valence electrons. The van der Waals surface area contributed by atoms with Crippen LogP contribution in [0.1, 0.15) is 13.8 Å². The Morgan fingerprint density at radius 3 is 2.25 bits per heavy atom. The molecule has 0 spiro atoms. The number of esters is 3. The molecule has 0 saturated heterocycles. The third kappa shape index (κ3) is 8.10. The Hall–Kier alpha value is -1.24. The zero-order valence-electron chi connectivity index (χ0n) is 9.35. The highest BCUT2D eigenvalue weighted by Gasteiger charge is 2.16. The molecule has 0 radical (unpaired) electrons. The monoisotopic (exact) mass is 250 g/mol. The van der Waals surface area contributed by atoms with Gasteiger partial charge in [-0.25, -0.2) is 0 Å². The van der Waals surface area contributed by atoms with Gasteiger partial charge in [-0.05, 0) is 0 Å². The summed E-state index contributed by atoms with van der Waals surface area (Å²) in [7, 11) is 1.26. The number of carbonyl (C=O) groups is 3. The summed E-state index contributed by atoms with van der Waals surface area (Å²) in [5.74, 6) is -1.40. The van der Waals surface area contributed by atoms with Crippen LogP contribution in [0.2, 0.25) is 0 Å². The Morgan fingerprint density at radius 2 is 1.81 bits per heavy atom. The number of hydrogen-bond donors (Lipinski definition) is 0. The summed E-state index contributed by atoms with van der Waals surface area (Å²) >= 11 is 1.03. The van der Waals surface area contributed by atoms with Crippen LogP contribution in [0.5, 0.6) is 0 Å². The fourth-order valence-electron chi connectivity index (χ4n) is 0.707. The highest BCUT2D eigenvalue weighted by Crippen LogP contribution is 2.13. The molecule has 0 aliphatic heterocycles. The minimum Gasteiger partial charge on any atom is -0.468 e. The molecule has 0 aliphatic carbocycles. The van der Waals surface area contributed by atoms with E-state index < -0.39 is 23.3 Å². The van der Waals surface area contributed by atoms with Gasteiger partial charge in [0, 0.05) is 13.8 Å². The summed E-state index contributed by atoms with van der Waals surface area (Å²) in [4.78, 5) is 32.1. The average molecular weight is 250 g/mol. The van der Waals surface area contributed by atoms with Gasteiger partial charge in [0.25, 0.3) is 0 Å². The van der Waals surface area contributed by atoms with Gasteiger partial charge in [0.1, 0.15) is 6.61 Å². The normalized spacial score (nSPS) is 11.4. The molecule has 0 amide bonds. The van der Waals surface area contributed by atoms with E-state index >= 15 is 0 Å². The molecular formula is C9H14O6S. The quantitative estimate of drug-likeness (QED) is 0.382. The van der Waals surface area contributed by atoms with Crippen LogP contribution in [0.25, 0.3) is 0 Å². The number of thioether (sulfide) groups is 1. The van der Waals surface area contributed by atoms with E-state index in [9.17, 15) is 14.4 Å². The van der Waals surface area contributed by atoms with Crippen molar-refractivity contribution in [3.05, 3.63) is 0 Å². The number of carbonyl (C=O) groups excluding carboxylic acids is 3. The standard InChI is InChI=1S/C9H14O6S/c1-6(10)14-4-9(15-7(2)11)16-5-8(12)13-3/h9H,4-5H2,1-3H3. The molecule has 1 unspecified atom stereocenters. The van der Waals surface area contributed by atoms with Gasteiger partial charge < -0.3 is 14.2 Å². The maximum absolute atomic E-state index is 10.8. The summed E-state index contributed by atoms with van der Waals surface area (Å²) in [6, 6.07) is 0. The van der Waals surface area contributed by atoms with Crippen molar-refractivity contribution in [1.82, 2.24) is 0 Å². The number of hydrogen-bond acceptors (Lipinski definition) is 7. The molecule has 0 saturated carbocycles. The molecule has 6 nitrogen and oxygen atoms in total. The van der Waals surface area contributed by atoms with Crippen molar-refractivity contribution < 1.29 is 28.6 Å². The van der Waals surface area contributed by atoms with Crippen molar-refractivity contribution in [2.45, 2.75) is 19.3 Å². The van der Waals surface area contributed by atoms with Gasteiger partial charge >= 0.3 is 17.9 Å². The van der Waals surface area contributed by atoms with Gasteiger partial charge in [0.05, 0.1) is 12.9 Å². The first-order chi connectivity index (χ1) is 7.45. The van der Waals surface area contributed by atoms with Crippen LogP contribution in [0.15, 0.2) is 0 Å². The van der Waals surface area contributed by atoms with Crippen molar-refractivity contribution in [3.63, 3.8) is 0 Å². The molecule has 7 heteroatoms. The highest BCUT2D eigenvalue weighted by molar-refractivity contribution is 8.00. The summed E-state index contributed by atoms with van der Waals surface area (Å²) in [5.41, 5.74) is -0.694. The van der Waals surface area contributed by atoms with Crippen molar-refractivity contribution in [2.24, 2.45) is 0 Å². The predicted octanol–water partition coefficient (Wildman–Crippen LogP) is 0.345. The van der Waals surface area contributed by atoms with Crippen molar-refractivity contribution >= 4 is 29.7 Å². The molecule has 0 aromatic carbocycles. The SMILES string of the molecule is COC(=O)CSC(COC(C)=O)OC(C)=O. The molecule has 0 fully saturated rings. The average Bonchev–Trinajstić information content (AvgIpc) is 2.20. The minimum atomic E-state index is -0.694. The molecular weight excluding hydrogens is 236 g/mol. The zero-order valence-corrected chi connectivity index (χ0v) is 10.2. The largest absolute Gasteiger partial charge is 0.468 e. The van der Waals surface area contributed by atoms with Crippen molar-refractivity contribution in [2.75, 3.05) is 19.5 Å². The first-order valence-electron chi connectivity index (χ1n) is 4.44. The second-order valence-corrected chi connectivity index (χ2v) is 3.88. The van der Waals surface area contributed by atoms with Crippen LogP contribution in [0.4, 0.5) is 0 Å². The van der Waals surface area contributed by atoms with Crippen LogP contribution >= 0.6 is 11.8 Å². The lowest BCUT2D eigenvalue weighted by Crippen LogP contribution is -2.22. The van der Waals surface area contributed by atoms with E-state index in [0.29, 0.717) is 0 Å². The Kier molecular flexibility index (Phi) is 7.36. The molecule has 0 bridgehead atoms. The van der Waals surface area contributed by atoms with E-state index in [1.807, 2.05) is 0 Å². The molecule has 0 rings (SSSR count).